The first-order valence-corrected chi connectivity index (χ1v) is 4.65. The lowest BCUT2D eigenvalue weighted by atomic mass is 9.85. The zero-order chi connectivity index (χ0) is 17.7. The van der Waals surface area contributed by atoms with Gasteiger partial charge in [0, 0.05) is 0 Å². The van der Waals surface area contributed by atoms with Gasteiger partial charge in [0.2, 0.25) is 5.67 Å². The predicted octanol–water partition coefficient (Wildman–Crippen LogP) is 4.79. The van der Waals surface area contributed by atoms with Gasteiger partial charge in [0.05, 0.1) is 0 Å². The lowest BCUT2D eigenvalue weighted by Crippen LogP contribution is -2.70. The summed E-state index contributed by atoms with van der Waals surface area (Å²) in [4.78, 5) is 0. The molecule has 0 aliphatic rings. The second kappa shape index (κ2) is 5.07. The van der Waals surface area contributed by atoms with Crippen molar-refractivity contribution in [3.63, 3.8) is 0 Å². The second-order valence-corrected chi connectivity index (χ2v) is 4.00. The quantitative estimate of drug-likeness (QED) is 0.606. The maximum Gasteiger partial charge on any atom is 0.381 e. The van der Waals surface area contributed by atoms with E-state index >= 15 is 0 Å². The predicted molar refractivity (Wildman–Crippen MR) is 41.3 cm³/mol. The Morgan fingerprint density at radius 3 is 1.05 bits per heavy atom. The molecule has 0 heterocycles. The second-order valence-electron chi connectivity index (χ2n) is 4.00. The third-order valence-corrected chi connectivity index (χ3v) is 2.58. The van der Waals surface area contributed by atoms with Gasteiger partial charge < -0.3 is 0 Å². The Hall–Kier alpha value is -0.910. The summed E-state index contributed by atoms with van der Waals surface area (Å²) in [6.07, 6.45) is -10.8. The average molecular weight is 348 g/mol. The summed E-state index contributed by atoms with van der Waals surface area (Å²) in [5.41, 5.74) is -6.24. The summed E-state index contributed by atoms with van der Waals surface area (Å²) in [6, 6.07) is 0. The number of halogens is 13. The first-order chi connectivity index (χ1) is 8.89. The lowest BCUT2D eigenvalue weighted by Gasteiger charge is -2.41. The van der Waals surface area contributed by atoms with Crippen molar-refractivity contribution in [2.75, 3.05) is 0 Å². The first kappa shape index (κ1) is 20.1. The van der Waals surface area contributed by atoms with Crippen molar-refractivity contribution in [2.45, 2.75) is 49.1 Å². The molecule has 0 aliphatic heterocycles. The molecule has 21 heavy (non-hydrogen) atoms. The van der Waals surface area contributed by atoms with Crippen LogP contribution >= 0.6 is 0 Å². The zero-order valence-corrected chi connectivity index (χ0v) is 9.57. The highest BCUT2D eigenvalue weighted by atomic mass is 19.4. The molecular weight excluding hydrogens is 343 g/mol. The van der Waals surface area contributed by atoms with Gasteiger partial charge in [-0.05, 0) is 6.92 Å². The van der Waals surface area contributed by atoms with Gasteiger partial charge in [-0.25, -0.2) is 22.0 Å². The van der Waals surface area contributed by atoms with Gasteiger partial charge in [0.25, 0.3) is 0 Å². The first-order valence-electron chi connectivity index (χ1n) is 4.65. The highest BCUT2D eigenvalue weighted by Crippen LogP contribution is 2.58. The molecule has 0 spiro atoms. The number of rotatable bonds is 6. The Labute approximate surface area is 107 Å². The molecule has 0 saturated carbocycles. The molecule has 0 nitrogen and oxygen atoms in total. The Bertz CT molecular complexity index is 334. The van der Waals surface area contributed by atoms with Crippen LogP contribution in [0.5, 0.6) is 0 Å². The van der Waals surface area contributed by atoms with E-state index in [2.05, 4.69) is 0 Å². The third kappa shape index (κ3) is 2.51. The smallest absolute Gasteiger partial charge is 0.230 e. The normalized spacial score (nSPS) is 18.3. The number of hydrogen-bond acceptors (Lipinski definition) is 0. The maximum atomic E-state index is 13.1. The minimum atomic E-state index is -7.37. The van der Waals surface area contributed by atoms with Crippen LogP contribution in [0.15, 0.2) is 0 Å². The minimum Gasteiger partial charge on any atom is -0.230 e. The van der Waals surface area contributed by atoms with Crippen molar-refractivity contribution in [1.82, 2.24) is 0 Å². The van der Waals surface area contributed by atoms with Gasteiger partial charge in [-0.1, -0.05) is 0 Å². The Kier molecular flexibility index (Phi) is 4.85. The van der Waals surface area contributed by atoms with Crippen LogP contribution in [0.1, 0.15) is 6.92 Å². The summed E-state index contributed by atoms with van der Waals surface area (Å²) < 4.78 is 161. The van der Waals surface area contributed by atoms with Gasteiger partial charge >= 0.3 is 36.5 Å². The summed E-state index contributed by atoms with van der Waals surface area (Å²) in [7, 11) is 0. The van der Waals surface area contributed by atoms with Crippen LogP contribution in [0.3, 0.4) is 0 Å². The molecule has 0 rings (SSSR count). The van der Waals surface area contributed by atoms with Crippen LogP contribution in [0.2, 0.25) is 0 Å². The van der Waals surface area contributed by atoms with E-state index in [-0.39, 0.29) is 0 Å². The van der Waals surface area contributed by atoms with Gasteiger partial charge in [-0.3, -0.25) is 0 Å². The molecule has 1 unspecified atom stereocenters. The topological polar surface area (TPSA) is 0 Å². The van der Waals surface area contributed by atoms with Gasteiger partial charge in [0.15, 0.2) is 0 Å². The van der Waals surface area contributed by atoms with Crippen molar-refractivity contribution in [2.24, 2.45) is 0 Å². The molecule has 0 radical (unpaired) electrons. The van der Waals surface area contributed by atoms with Crippen LogP contribution in [-0.4, -0.2) is 42.2 Å². The molecule has 13 heteroatoms. The van der Waals surface area contributed by atoms with Crippen molar-refractivity contribution < 1.29 is 57.1 Å². The highest BCUT2D eigenvalue weighted by molar-refractivity contribution is 5.12. The van der Waals surface area contributed by atoms with E-state index in [1.807, 2.05) is 0 Å². The number of hydrogen-bond donors (Lipinski definition) is 0. The van der Waals surface area contributed by atoms with Crippen molar-refractivity contribution in [3.8, 4) is 0 Å². The Morgan fingerprint density at radius 1 is 0.524 bits per heavy atom. The summed E-state index contributed by atoms with van der Waals surface area (Å²) in [5.74, 6) is -28.1. The molecule has 128 valence electrons. The fourth-order valence-electron chi connectivity index (χ4n) is 1.06. The molecule has 0 aromatic carbocycles. The highest BCUT2D eigenvalue weighted by Gasteiger charge is 2.86. The van der Waals surface area contributed by atoms with Crippen molar-refractivity contribution >= 4 is 0 Å². The maximum absolute atomic E-state index is 13.1. The molecular formula is C8H5F13. The van der Waals surface area contributed by atoms with Gasteiger partial charge in [-0.2, -0.15) is 35.1 Å². The van der Waals surface area contributed by atoms with E-state index in [0.717, 1.165) is 0 Å². The SMILES string of the molecule is CC(F)(C(F)(F)C(F)F)C(F)(F)C(F)(F)C(F)(F)C(F)F. The van der Waals surface area contributed by atoms with E-state index < -0.39 is 49.1 Å². The van der Waals surface area contributed by atoms with Crippen molar-refractivity contribution in [3.05, 3.63) is 0 Å². The molecule has 0 aromatic heterocycles. The van der Waals surface area contributed by atoms with E-state index in [1.54, 1.807) is 0 Å². The minimum absolute atomic E-state index is 1.21. The fourth-order valence-corrected chi connectivity index (χ4v) is 1.06. The molecule has 0 aliphatic carbocycles. The summed E-state index contributed by atoms with van der Waals surface area (Å²) >= 11 is 0. The van der Waals surface area contributed by atoms with E-state index in [1.165, 1.54) is 0 Å². The van der Waals surface area contributed by atoms with Crippen LogP contribution in [-0.2, 0) is 0 Å². The Balaban J connectivity index is 6.09. The van der Waals surface area contributed by atoms with Crippen LogP contribution in [0, 0.1) is 0 Å². The largest absolute Gasteiger partial charge is 0.381 e. The monoisotopic (exact) mass is 348 g/mol. The summed E-state index contributed by atoms with van der Waals surface area (Å²) in [5, 5.41) is 0. The standard InChI is InChI=1S/C8H5F13/c1-4(13,5(14,15)2(9)10)7(18,19)8(20,21)6(16,17)3(11)12/h2-3H,1H3. The van der Waals surface area contributed by atoms with Gasteiger partial charge in [0.1, 0.15) is 0 Å². The average Bonchev–Trinajstić information content (AvgIpc) is 2.27. The third-order valence-electron chi connectivity index (χ3n) is 2.58. The summed E-state index contributed by atoms with van der Waals surface area (Å²) in [6.45, 7) is -1.21. The number of alkyl halides is 13. The van der Waals surface area contributed by atoms with E-state index in [0.29, 0.717) is 0 Å². The Morgan fingerprint density at radius 2 is 0.810 bits per heavy atom. The van der Waals surface area contributed by atoms with E-state index in [4.69, 9.17) is 0 Å². The molecule has 0 aromatic rings. The molecule has 0 bridgehead atoms. The van der Waals surface area contributed by atoms with Crippen LogP contribution in [0.25, 0.3) is 0 Å². The molecule has 0 amide bonds. The molecule has 0 N–H and O–H groups in total. The molecule has 0 saturated heterocycles. The molecule has 0 fully saturated rings. The van der Waals surface area contributed by atoms with E-state index in [9.17, 15) is 57.1 Å². The lowest BCUT2D eigenvalue weighted by molar-refractivity contribution is -0.391. The fraction of sp³-hybridized carbons (Fsp3) is 1.00. The van der Waals surface area contributed by atoms with Crippen LogP contribution in [0.4, 0.5) is 57.1 Å². The zero-order valence-electron chi connectivity index (χ0n) is 9.57. The van der Waals surface area contributed by atoms with Gasteiger partial charge in [-0.15, -0.1) is 0 Å². The van der Waals surface area contributed by atoms with Crippen LogP contribution < -0.4 is 0 Å². The molecule has 1 atom stereocenters. The van der Waals surface area contributed by atoms with Crippen molar-refractivity contribution in [1.29, 1.82) is 0 Å².